The monoisotopic (exact) mass is 268 g/mol. The Morgan fingerprint density at radius 3 is 2.47 bits per heavy atom. The van der Waals surface area contributed by atoms with Crippen LogP contribution in [0.2, 0.25) is 0 Å². The molecule has 106 valence electrons. The van der Waals surface area contributed by atoms with Gasteiger partial charge in [-0.25, -0.2) is 0 Å². The minimum atomic E-state index is -1.01. The Balaban J connectivity index is 2.00. The molecule has 0 amide bonds. The van der Waals surface area contributed by atoms with Crippen molar-refractivity contribution >= 4 is 0 Å². The van der Waals surface area contributed by atoms with Gasteiger partial charge in [-0.2, -0.15) is 0 Å². The van der Waals surface area contributed by atoms with Gasteiger partial charge in [0.05, 0.1) is 12.7 Å². The largest absolute Gasteiger partial charge is 0.388 e. The molecule has 0 bridgehead atoms. The normalized spacial score (nSPS) is 35.3. The van der Waals surface area contributed by atoms with Crippen molar-refractivity contribution in [3.63, 3.8) is 0 Å². The lowest BCUT2D eigenvalue weighted by Crippen LogP contribution is -2.58. The topological polar surface area (TPSA) is 68.2 Å². The second-order valence-electron chi connectivity index (χ2n) is 4.69. The molecule has 1 saturated heterocycles. The molecule has 19 heavy (non-hydrogen) atoms. The van der Waals surface area contributed by atoms with Gasteiger partial charge in [0, 0.05) is 7.11 Å². The zero-order valence-electron chi connectivity index (χ0n) is 11.1. The third-order valence-electron chi connectivity index (χ3n) is 3.30. The highest BCUT2D eigenvalue weighted by molar-refractivity contribution is 5.13. The molecule has 1 aromatic rings. The van der Waals surface area contributed by atoms with E-state index in [2.05, 4.69) is 0 Å². The van der Waals surface area contributed by atoms with E-state index in [1.807, 2.05) is 30.3 Å². The molecule has 0 unspecified atom stereocenters. The predicted octanol–water partition coefficient (Wildman–Crippen LogP) is 0.685. The maximum atomic E-state index is 10.1. The van der Waals surface area contributed by atoms with Gasteiger partial charge in [0.15, 0.2) is 6.29 Å². The second kappa shape index (κ2) is 6.45. The van der Waals surface area contributed by atoms with Crippen LogP contribution in [0, 0.1) is 0 Å². The van der Waals surface area contributed by atoms with Gasteiger partial charge in [-0.3, -0.25) is 0 Å². The van der Waals surface area contributed by atoms with Crippen LogP contribution in [-0.2, 0) is 20.8 Å². The van der Waals surface area contributed by atoms with Crippen LogP contribution in [0.3, 0.4) is 0 Å². The summed E-state index contributed by atoms with van der Waals surface area (Å²) in [5.74, 6) is 0. The first kappa shape index (κ1) is 14.4. The Labute approximate surface area is 112 Å². The van der Waals surface area contributed by atoms with Crippen molar-refractivity contribution in [3.8, 4) is 0 Å². The van der Waals surface area contributed by atoms with Crippen LogP contribution in [0.4, 0.5) is 0 Å². The summed E-state index contributed by atoms with van der Waals surface area (Å²) in [5, 5.41) is 20.1. The molecule has 5 nitrogen and oxygen atoms in total. The van der Waals surface area contributed by atoms with Crippen molar-refractivity contribution in [2.24, 2.45) is 0 Å². The first-order valence-electron chi connectivity index (χ1n) is 6.33. The number of hydrogen-bond donors (Lipinski definition) is 2. The average Bonchev–Trinajstić information content (AvgIpc) is 2.44. The summed E-state index contributed by atoms with van der Waals surface area (Å²) < 4.78 is 16.0. The van der Waals surface area contributed by atoms with Crippen molar-refractivity contribution in [1.82, 2.24) is 0 Å². The van der Waals surface area contributed by atoms with Crippen LogP contribution >= 0.6 is 0 Å². The molecule has 1 aliphatic heterocycles. The third-order valence-corrected chi connectivity index (χ3v) is 3.30. The summed E-state index contributed by atoms with van der Waals surface area (Å²) in [6.45, 7) is 2.05. The standard InChI is InChI=1S/C14H20O5/c1-9-11(15)13(12(16)14(17-2)19-9)18-8-10-6-4-3-5-7-10/h3-7,9,11-16H,8H2,1-2H3/t9-,11-,12+,13+,14+/m0/s1. The lowest BCUT2D eigenvalue weighted by molar-refractivity contribution is -0.295. The van der Waals surface area contributed by atoms with Crippen molar-refractivity contribution in [3.05, 3.63) is 35.9 Å². The maximum Gasteiger partial charge on any atom is 0.186 e. The number of methoxy groups -OCH3 is 1. The van der Waals surface area contributed by atoms with Gasteiger partial charge in [0.2, 0.25) is 0 Å². The van der Waals surface area contributed by atoms with Gasteiger partial charge in [0.1, 0.15) is 18.3 Å². The molecule has 2 rings (SSSR count). The molecule has 2 N–H and O–H groups in total. The molecule has 0 aromatic heterocycles. The van der Waals surface area contributed by atoms with Crippen LogP contribution in [0.25, 0.3) is 0 Å². The summed E-state index contributed by atoms with van der Waals surface area (Å²) in [4.78, 5) is 0. The fourth-order valence-electron chi connectivity index (χ4n) is 2.16. The molecule has 0 saturated carbocycles. The quantitative estimate of drug-likeness (QED) is 0.840. The van der Waals surface area contributed by atoms with Crippen LogP contribution < -0.4 is 0 Å². The predicted molar refractivity (Wildman–Crippen MR) is 68.4 cm³/mol. The Morgan fingerprint density at radius 2 is 1.84 bits per heavy atom. The van der Waals surface area contributed by atoms with E-state index >= 15 is 0 Å². The number of aliphatic hydroxyl groups excluding tert-OH is 2. The van der Waals surface area contributed by atoms with Crippen molar-refractivity contribution in [2.45, 2.75) is 44.2 Å². The van der Waals surface area contributed by atoms with E-state index in [9.17, 15) is 10.2 Å². The van der Waals surface area contributed by atoms with E-state index in [-0.39, 0.29) is 0 Å². The highest BCUT2D eigenvalue weighted by Crippen LogP contribution is 2.24. The van der Waals surface area contributed by atoms with Crippen LogP contribution in [0.15, 0.2) is 30.3 Å². The average molecular weight is 268 g/mol. The first-order valence-corrected chi connectivity index (χ1v) is 6.33. The van der Waals surface area contributed by atoms with Gasteiger partial charge >= 0.3 is 0 Å². The van der Waals surface area contributed by atoms with E-state index in [1.54, 1.807) is 6.92 Å². The minimum absolute atomic E-state index is 0.322. The zero-order valence-corrected chi connectivity index (χ0v) is 11.1. The number of ether oxygens (including phenoxy) is 3. The van der Waals surface area contributed by atoms with E-state index in [0.717, 1.165) is 5.56 Å². The smallest absolute Gasteiger partial charge is 0.186 e. The summed E-state index contributed by atoms with van der Waals surface area (Å²) in [6, 6.07) is 9.60. The van der Waals surface area contributed by atoms with E-state index in [4.69, 9.17) is 14.2 Å². The summed E-state index contributed by atoms with van der Waals surface area (Å²) in [6.07, 6.45) is -3.85. The number of aliphatic hydroxyl groups is 2. The summed E-state index contributed by atoms with van der Waals surface area (Å²) in [7, 11) is 1.45. The second-order valence-corrected chi connectivity index (χ2v) is 4.69. The Kier molecular flexibility index (Phi) is 4.90. The van der Waals surface area contributed by atoms with E-state index in [1.165, 1.54) is 7.11 Å². The Bertz CT molecular complexity index is 383. The molecule has 1 heterocycles. The molecular formula is C14H20O5. The van der Waals surface area contributed by atoms with Crippen molar-refractivity contribution < 1.29 is 24.4 Å². The highest BCUT2D eigenvalue weighted by Gasteiger charge is 2.43. The molecule has 1 aliphatic rings. The number of hydrogen-bond acceptors (Lipinski definition) is 5. The minimum Gasteiger partial charge on any atom is -0.388 e. The molecule has 5 heteroatoms. The van der Waals surface area contributed by atoms with Crippen LogP contribution in [0.5, 0.6) is 0 Å². The number of benzene rings is 1. The van der Waals surface area contributed by atoms with Crippen molar-refractivity contribution in [1.29, 1.82) is 0 Å². The fraction of sp³-hybridized carbons (Fsp3) is 0.571. The van der Waals surface area contributed by atoms with Gasteiger partial charge in [-0.15, -0.1) is 0 Å². The van der Waals surface area contributed by atoms with Gasteiger partial charge in [-0.1, -0.05) is 30.3 Å². The summed E-state index contributed by atoms with van der Waals surface area (Å²) >= 11 is 0. The lowest BCUT2D eigenvalue weighted by atomic mass is 9.99. The van der Waals surface area contributed by atoms with Gasteiger partial charge < -0.3 is 24.4 Å². The van der Waals surface area contributed by atoms with Gasteiger partial charge in [-0.05, 0) is 12.5 Å². The molecule has 0 radical (unpaired) electrons. The van der Waals surface area contributed by atoms with Gasteiger partial charge in [0.25, 0.3) is 0 Å². The molecule has 0 spiro atoms. The Hall–Kier alpha value is -0.980. The fourth-order valence-corrected chi connectivity index (χ4v) is 2.16. The van der Waals surface area contributed by atoms with E-state index in [0.29, 0.717) is 6.61 Å². The van der Waals surface area contributed by atoms with Crippen LogP contribution in [0.1, 0.15) is 12.5 Å². The van der Waals surface area contributed by atoms with E-state index < -0.39 is 30.7 Å². The molecule has 0 aliphatic carbocycles. The number of rotatable bonds is 4. The summed E-state index contributed by atoms with van der Waals surface area (Å²) in [5.41, 5.74) is 0.981. The van der Waals surface area contributed by atoms with Crippen LogP contribution in [-0.4, -0.2) is 48.0 Å². The lowest BCUT2D eigenvalue weighted by Gasteiger charge is -2.40. The molecule has 1 aromatic carbocycles. The SMILES string of the molecule is CO[C@@H]1O[C@@H](C)[C@H](O)[C@@H](OCc2ccccc2)[C@H]1O. The maximum absolute atomic E-state index is 10.1. The Morgan fingerprint density at radius 1 is 1.16 bits per heavy atom. The molecular weight excluding hydrogens is 248 g/mol. The van der Waals surface area contributed by atoms with Crippen molar-refractivity contribution in [2.75, 3.05) is 7.11 Å². The zero-order chi connectivity index (χ0) is 13.8. The molecule has 5 atom stereocenters. The molecule has 1 fully saturated rings. The first-order chi connectivity index (χ1) is 9.13. The third kappa shape index (κ3) is 3.32. The highest BCUT2D eigenvalue weighted by atomic mass is 16.7.